The van der Waals surface area contributed by atoms with E-state index in [-0.39, 0.29) is 11.8 Å². The number of benzene rings is 1. The minimum Gasteiger partial charge on any atom is -0.372 e. The number of carbonyl (C=O) groups excluding carboxylic acids is 1. The Morgan fingerprint density at radius 2 is 1.94 bits per heavy atom. The van der Waals surface area contributed by atoms with Crippen LogP contribution < -0.4 is 0 Å². The smallest absolute Gasteiger partial charge is 0.255 e. The number of hydrogen-bond acceptors (Lipinski definition) is 5. The highest BCUT2D eigenvalue weighted by molar-refractivity contribution is 5.95. The number of rotatable bonds is 6. The molecule has 3 heterocycles. The number of piperidine rings is 1. The number of hydrogen-bond donors (Lipinski definition) is 0. The van der Waals surface area contributed by atoms with Crippen LogP contribution in [0.15, 0.2) is 54.9 Å². The Kier molecular flexibility index (Phi) is 6.67. The third-order valence-electron chi connectivity index (χ3n) is 5.72. The van der Waals surface area contributed by atoms with Crippen molar-refractivity contribution in [3.8, 4) is 0 Å². The van der Waals surface area contributed by atoms with Crippen molar-refractivity contribution in [2.75, 3.05) is 13.1 Å². The predicted molar refractivity (Wildman–Crippen MR) is 119 cm³/mol. The SMILES string of the molecule is Cc1ncc(COCc2ccccc2)c(C2CCCN(C(=O)c3cccnc3C)C2)n1. The van der Waals surface area contributed by atoms with Gasteiger partial charge >= 0.3 is 0 Å². The molecule has 1 atom stereocenters. The van der Waals surface area contributed by atoms with Crippen LogP contribution in [0.25, 0.3) is 0 Å². The number of pyridine rings is 1. The summed E-state index contributed by atoms with van der Waals surface area (Å²) in [5.41, 5.74) is 4.58. The van der Waals surface area contributed by atoms with Crippen molar-refractivity contribution in [1.82, 2.24) is 19.9 Å². The summed E-state index contributed by atoms with van der Waals surface area (Å²) in [4.78, 5) is 28.5. The number of likely N-dealkylation sites (tertiary alicyclic amines) is 1. The van der Waals surface area contributed by atoms with Crippen LogP contribution in [-0.4, -0.2) is 38.8 Å². The second-order valence-corrected chi connectivity index (χ2v) is 8.03. The Balaban J connectivity index is 1.48. The molecule has 3 aromatic rings. The van der Waals surface area contributed by atoms with Crippen LogP contribution >= 0.6 is 0 Å². The topological polar surface area (TPSA) is 68.2 Å². The fourth-order valence-corrected chi connectivity index (χ4v) is 4.10. The van der Waals surface area contributed by atoms with Gasteiger partial charge in [-0.1, -0.05) is 30.3 Å². The molecule has 0 radical (unpaired) electrons. The molecule has 0 saturated carbocycles. The standard InChI is InChI=1S/C25H28N4O2/c1-18-23(11-6-12-26-18)25(30)29-13-7-10-21(15-29)24-22(14-27-19(2)28-24)17-31-16-20-8-4-3-5-9-20/h3-6,8-9,11-12,14,21H,7,10,13,15-17H2,1-2H3. The molecular weight excluding hydrogens is 388 g/mol. The van der Waals surface area contributed by atoms with E-state index < -0.39 is 0 Å². The average molecular weight is 417 g/mol. The molecule has 1 aliphatic heterocycles. The largest absolute Gasteiger partial charge is 0.372 e. The van der Waals surface area contributed by atoms with Gasteiger partial charge in [-0.2, -0.15) is 0 Å². The van der Waals surface area contributed by atoms with Gasteiger partial charge in [0.15, 0.2) is 0 Å². The van der Waals surface area contributed by atoms with Crippen LogP contribution in [0.1, 0.15) is 57.5 Å². The van der Waals surface area contributed by atoms with Gasteiger partial charge in [0.1, 0.15) is 5.82 Å². The number of aromatic nitrogens is 3. The predicted octanol–water partition coefficient (Wildman–Crippen LogP) is 4.23. The zero-order valence-electron chi connectivity index (χ0n) is 18.1. The lowest BCUT2D eigenvalue weighted by Crippen LogP contribution is -2.40. The number of ether oxygens (including phenoxy) is 1. The molecule has 2 aromatic heterocycles. The van der Waals surface area contributed by atoms with E-state index in [0.29, 0.717) is 25.3 Å². The van der Waals surface area contributed by atoms with E-state index in [0.717, 1.165) is 47.7 Å². The highest BCUT2D eigenvalue weighted by Crippen LogP contribution is 2.29. The molecule has 6 nitrogen and oxygen atoms in total. The van der Waals surface area contributed by atoms with Crippen LogP contribution in [-0.2, 0) is 18.0 Å². The summed E-state index contributed by atoms with van der Waals surface area (Å²) in [6, 6.07) is 13.8. The van der Waals surface area contributed by atoms with E-state index >= 15 is 0 Å². The number of amides is 1. The number of aryl methyl sites for hydroxylation is 2. The van der Waals surface area contributed by atoms with Crippen molar-refractivity contribution in [2.45, 2.75) is 45.8 Å². The van der Waals surface area contributed by atoms with E-state index in [9.17, 15) is 4.79 Å². The van der Waals surface area contributed by atoms with Gasteiger partial charge in [-0.3, -0.25) is 9.78 Å². The monoisotopic (exact) mass is 416 g/mol. The second kappa shape index (κ2) is 9.79. The lowest BCUT2D eigenvalue weighted by atomic mass is 9.91. The van der Waals surface area contributed by atoms with Gasteiger partial charge in [0, 0.05) is 42.7 Å². The van der Waals surface area contributed by atoms with Gasteiger partial charge in [-0.05, 0) is 44.4 Å². The van der Waals surface area contributed by atoms with Gasteiger partial charge in [0.25, 0.3) is 5.91 Å². The third kappa shape index (κ3) is 5.14. The zero-order chi connectivity index (χ0) is 21.6. The minimum atomic E-state index is 0.0444. The van der Waals surface area contributed by atoms with Gasteiger partial charge in [-0.25, -0.2) is 9.97 Å². The molecule has 1 amide bonds. The Hall–Kier alpha value is -3.12. The van der Waals surface area contributed by atoms with Crippen LogP contribution in [0.3, 0.4) is 0 Å². The van der Waals surface area contributed by atoms with Gasteiger partial charge in [0.2, 0.25) is 0 Å². The van der Waals surface area contributed by atoms with Crippen LogP contribution in [0.2, 0.25) is 0 Å². The lowest BCUT2D eigenvalue weighted by Gasteiger charge is -2.33. The molecule has 0 N–H and O–H groups in total. The van der Waals surface area contributed by atoms with Gasteiger partial charge in [-0.15, -0.1) is 0 Å². The summed E-state index contributed by atoms with van der Waals surface area (Å²) >= 11 is 0. The average Bonchev–Trinajstić information content (AvgIpc) is 2.81. The Morgan fingerprint density at radius 1 is 1.10 bits per heavy atom. The summed E-state index contributed by atoms with van der Waals surface area (Å²) < 4.78 is 5.97. The lowest BCUT2D eigenvalue weighted by molar-refractivity contribution is 0.0701. The van der Waals surface area contributed by atoms with Crippen LogP contribution in [0.5, 0.6) is 0 Å². The fourth-order valence-electron chi connectivity index (χ4n) is 4.10. The maximum absolute atomic E-state index is 13.1. The summed E-state index contributed by atoms with van der Waals surface area (Å²) in [7, 11) is 0. The molecule has 0 aliphatic carbocycles. The Labute approximate surface area is 183 Å². The van der Waals surface area contributed by atoms with Crippen molar-refractivity contribution in [3.05, 3.63) is 88.8 Å². The van der Waals surface area contributed by atoms with Crippen molar-refractivity contribution in [1.29, 1.82) is 0 Å². The molecule has 1 unspecified atom stereocenters. The van der Waals surface area contributed by atoms with E-state index in [4.69, 9.17) is 9.72 Å². The first kappa shape index (κ1) is 21.1. The maximum atomic E-state index is 13.1. The molecule has 1 fully saturated rings. The summed E-state index contributed by atoms with van der Waals surface area (Å²) in [5, 5.41) is 0. The fraction of sp³-hybridized carbons (Fsp3) is 0.360. The van der Waals surface area contributed by atoms with Gasteiger partial charge in [0.05, 0.1) is 24.5 Å². The van der Waals surface area contributed by atoms with Crippen molar-refractivity contribution in [3.63, 3.8) is 0 Å². The first-order chi connectivity index (χ1) is 15.1. The third-order valence-corrected chi connectivity index (χ3v) is 5.72. The molecule has 1 saturated heterocycles. The van der Waals surface area contributed by atoms with E-state index in [1.807, 2.05) is 55.3 Å². The summed E-state index contributed by atoms with van der Waals surface area (Å²) in [6.45, 7) is 6.19. The Morgan fingerprint density at radius 3 is 2.74 bits per heavy atom. The molecule has 1 aromatic carbocycles. The Bertz CT molecular complexity index is 1040. The van der Waals surface area contributed by atoms with E-state index in [1.54, 1.807) is 6.20 Å². The summed E-state index contributed by atoms with van der Waals surface area (Å²) in [5.74, 6) is 0.961. The number of nitrogens with zero attached hydrogens (tertiary/aromatic N) is 4. The minimum absolute atomic E-state index is 0.0444. The van der Waals surface area contributed by atoms with E-state index in [2.05, 4.69) is 22.1 Å². The van der Waals surface area contributed by atoms with Crippen molar-refractivity contribution < 1.29 is 9.53 Å². The quantitative estimate of drug-likeness (QED) is 0.602. The molecule has 0 bridgehead atoms. The first-order valence-corrected chi connectivity index (χ1v) is 10.8. The molecule has 160 valence electrons. The zero-order valence-corrected chi connectivity index (χ0v) is 18.1. The first-order valence-electron chi connectivity index (χ1n) is 10.8. The highest BCUT2D eigenvalue weighted by atomic mass is 16.5. The van der Waals surface area contributed by atoms with Crippen LogP contribution in [0, 0.1) is 13.8 Å². The van der Waals surface area contributed by atoms with Gasteiger partial charge < -0.3 is 9.64 Å². The molecule has 31 heavy (non-hydrogen) atoms. The molecule has 1 aliphatic rings. The van der Waals surface area contributed by atoms with Crippen molar-refractivity contribution >= 4 is 5.91 Å². The highest BCUT2D eigenvalue weighted by Gasteiger charge is 2.28. The maximum Gasteiger partial charge on any atom is 0.255 e. The van der Waals surface area contributed by atoms with Crippen molar-refractivity contribution in [2.24, 2.45) is 0 Å². The summed E-state index contributed by atoms with van der Waals surface area (Å²) in [6.07, 6.45) is 5.53. The molecular formula is C25H28N4O2. The molecule has 0 spiro atoms. The normalized spacial score (nSPS) is 16.3. The second-order valence-electron chi connectivity index (χ2n) is 8.03. The number of carbonyl (C=O) groups is 1. The van der Waals surface area contributed by atoms with E-state index in [1.165, 1.54) is 0 Å². The molecule has 4 rings (SSSR count). The molecule has 6 heteroatoms. The van der Waals surface area contributed by atoms with Crippen LogP contribution in [0.4, 0.5) is 0 Å².